The molecule has 0 aliphatic carbocycles. The van der Waals surface area contributed by atoms with E-state index in [1.807, 2.05) is 18.2 Å². The van der Waals surface area contributed by atoms with Crippen LogP contribution in [-0.4, -0.2) is 48.8 Å². The second kappa shape index (κ2) is 12.6. The summed E-state index contributed by atoms with van der Waals surface area (Å²) in [6.45, 7) is 8.53. The lowest BCUT2D eigenvalue weighted by atomic mass is 9.96. The minimum atomic E-state index is 0.0759. The molecule has 1 aliphatic heterocycles. The molecular formula is C28H35N5OS. The van der Waals surface area contributed by atoms with Gasteiger partial charge in [-0.15, -0.1) is 10.2 Å². The van der Waals surface area contributed by atoms with Crippen molar-refractivity contribution in [1.29, 1.82) is 0 Å². The fraction of sp³-hybridized carbons (Fsp3) is 0.393. The third-order valence-electron chi connectivity index (χ3n) is 6.47. The Balaban J connectivity index is 1.17. The second-order valence-corrected chi connectivity index (χ2v) is 10.1. The summed E-state index contributed by atoms with van der Waals surface area (Å²) in [5.41, 5.74) is 2.48. The van der Waals surface area contributed by atoms with Crippen LogP contribution in [0, 0.1) is 12.8 Å². The van der Waals surface area contributed by atoms with Crippen LogP contribution in [-0.2, 0) is 4.79 Å². The molecule has 2 aromatic carbocycles. The number of amides is 1. The molecule has 7 heteroatoms. The molecule has 0 atom stereocenters. The van der Waals surface area contributed by atoms with Gasteiger partial charge in [0.25, 0.3) is 0 Å². The molecule has 1 amide bonds. The Bertz CT molecular complexity index is 1050. The molecule has 0 bridgehead atoms. The Kier molecular flexibility index (Phi) is 9.01. The van der Waals surface area contributed by atoms with Gasteiger partial charge in [0.15, 0.2) is 5.82 Å². The Labute approximate surface area is 213 Å². The van der Waals surface area contributed by atoms with Gasteiger partial charge in [-0.25, -0.2) is 0 Å². The number of benzene rings is 2. The monoisotopic (exact) mass is 489 g/mol. The number of nitrogens with zero attached hydrogens (tertiary/aromatic N) is 4. The summed E-state index contributed by atoms with van der Waals surface area (Å²) in [5, 5.41) is 12.9. The Morgan fingerprint density at radius 3 is 2.43 bits per heavy atom. The van der Waals surface area contributed by atoms with Crippen LogP contribution in [0.3, 0.4) is 0 Å². The number of piperidine rings is 1. The maximum absolute atomic E-state index is 12.7. The predicted molar refractivity (Wildman–Crippen MR) is 144 cm³/mol. The molecule has 6 nitrogen and oxygen atoms in total. The number of para-hydroxylation sites is 1. The largest absolute Gasteiger partial charge is 0.372 e. The normalized spacial score (nSPS) is 14.1. The molecule has 1 aliphatic rings. The van der Waals surface area contributed by atoms with Crippen molar-refractivity contribution < 1.29 is 4.79 Å². The van der Waals surface area contributed by atoms with E-state index in [0.717, 1.165) is 61.2 Å². The Morgan fingerprint density at radius 1 is 1.03 bits per heavy atom. The molecular weight excluding hydrogens is 454 g/mol. The summed E-state index contributed by atoms with van der Waals surface area (Å²) in [7, 11) is 0. The summed E-state index contributed by atoms with van der Waals surface area (Å²) in [6.07, 6.45) is 2.63. The molecule has 0 unspecified atom stereocenters. The van der Waals surface area contributed by atoms with E-state index in [-0.39, 0.29) is 11.8 Å². The van der Waals surface area contributed by atoms with Gasteiger partial charge in [0, 0.05) is 49.2 Å². The Hall–Kier alpha value is -3.06. The molecule has 1 aromatic heterocycles. The minimum absolute atomic E-state index is 0.0759. The first kappa shape index (κ1) is 25.0. The topological polar surface area (TPSA) is 61.4 Å². The molecule has 4 rings (SSSR count). The van der Waals surface area contributed by atoms with Gasteiger partial charge in [0.05, 0.1) is 0 Å². The first-order chi connectivity index (χ1) is 17.1. The quantitative estimate of drug-likeness (QED) is 0.396. The SMILES string of the molecule is CCN(CCCNC(=O)C1CCN(c2ccc(Sc3ccc(C)cc3)nn2)CC1)c1ccccc1. The van der Waals surface area contributed by atoms with Crippen LogP contribution in [0.2, 0.25) is 0 Å². The maximum atomic E-state index is 12.7. The van der Waals surface area contributed by atoms with Crippen LogP contribution in [0.25, 0.3) is 0 Å². The third-order valence-corrected chi connectivity index (χ3v) is 7.40. The lowest BCUT2D eigenvalue weighted by Gasteiger charge is -2.32. The molecule has 184 valence electrons. The van der Waals surface area contributed by atoms with Crippen molar-refractivity contribution in [1.82, 2.24) is 15.5 Å². The lowest BCUT2D eigenvalue weighted by Crippen LogP contribution is -2.41. The van der Waals surface area contributed by atoms with Crippen LogP contribution < -0.4 is 15.1 Å². The van der Waals surface area contributed by atoms with E-state index in [1.54, 1.807) is 11.8 Å². The van der Waals surface area contributed by atoms with E-state index in [4.69, 9.17) is 0 Å². The zero-order chi connectivity index (χ0) is 24.5. The smallest absolute Gasteiger partial charge is 0.223 e. The van der Waals surface area contributed by atoms with E-state index in [2.05, 4.69) is 87.7 Å². The average molecular weight is 490 g/mol. The van der Waals surface area contributed by atoms with Gasteiger partial charge in [0.2, 0.25) is 5.91 Å². The number of rotatable bonds is 10. The number of carbonyl (C=O) groups is 1. The molecule has 3 aromatic rings. The van der Waals surface area contributed by atoms with E-state index >= 15 is 0 Å². The van der Waals surface area contributed by atoms with Gasteiger partial charge < -0.3 is 15.1 Å². The van der Waals surface area contributed by atoms with Gasteiger partial charge in [-0.1, -0.05) is 47.7 Å². The molecule has 0 radical (unpaired) electrons. The third kappa shape index (κ3) is 7.21. The van der Waals surface area contributed by atoms with Crippen molar-refractivity contribution in [3.05, 3.63) is 72.3 Å². The number of anilines is 2. The lowest BCUT2D eigenvalue weighted by molar-refractivity contribution is -0.125. The second-order valence-electron chi connectivity index (χ2n) is 8.97. The molecule has 1 N–H and O–H groups in total. The number of aryl methyl sites for hydroxylation is 1. The van der Waals surface area contributed by atoms with Crippen molar-refractivity contribution in [3.63, 3.8) is 0 Å². The highest BCUT2D eigenvalue weighted by molar-refractivity contribution is 7.99. The average Bonchev–Trinajstić information content (AvgIpc) is 2.91. The van der Waals surface area contributed by atoms with Crippen LogP contribution in [0.1, 0.15) is 31.7 Å². The van der Waals surface area contributed by atoms with E-state index < -0.39 is 0 Å². The fourth-order valence-electron chi connectivity index (χ4n) is 4.37. The van der Waals surface area contributed by atoms with Crippen LogP contribution in [0.5, 0.6) is 0 Å². The standard InChI is InChI=1S/C28H35N5OS/c1-3-32(24-8-5-4-6-9-24)19-7-18-29-28(34)23-16-20-33(21-17-23)26-14-15-27(31-30-26)35-25-12-10-22(2)11-13-25/h4-6,8-15,23H,3,7,16-21H2,1-2H3,(H,29,34). The van der Waals surface area contributed by atoms with Gasteiger partial charge in [-0.05, 0) is 69.5 Å². The van der Waals surface area contributed by atoms with Crippen LogP contribution in [0.15, 0.2) is 76.7 Å². The van der Waals surface area contributed by atoms with Gasteiger partial charge in [-0.3, -0.25) is 4.79 Å². The number of hydrogen-bond donors (Lipinski definition) is 1. The zero-order valence-corrected chi connectivity index (χ0v) is 21.5. The first-order valence-electron chi connectivity index (χ1n) is 12.5. The molecule has 1 saturated heterocycles. The molecule has 0 saturated carbocycles. The van der Waals surface area contributed by atoms with E-state index in [9.17, 15) is 4.79 Å². The maximum Gasteiger partial charge on any atom is 0.223 e. The van der Waals surface area contributed by atoms with Crippen molar-refractivity contribution in [2.24, 2.45) is 5.92 Å². The fourth-order valence-corrected chi connectivity index (χ4v) is 5.10. The van der Waals surface area contributed by atoms with Crippen LogP contribution in [0.4, 0.5) is 11.5 Å². The van der Waals surface area contributed by atoms with Crippen molar-refractivity contribution in [3.8, 4) is 0 Å². The number of carbonyl (C=O) groups excluding carboxylic acids is 1. The predicted octanol–water partition coefficient (Wildman–Crippen LogP) is 5.19. The zero-order valence-electron chi connectivity index (χ0n) is 20.7. The summed E-state index contributed by atoms with van der Waals surface area (Å²) in [4.78, 5) is 18.4. The number of hydrogen-bond acceptors (Lipinski definition) is 6. The summed E-state index contributed by atoms with van der Waals surface area (Å²) in [6, 6.07) is 22.9. The van der Waals surface area contributed by atoms with E-state index in [1.165, 1.54) is 11.3 Å². The molecule has 35 heavy (non-hydrogen) atoms. The summed E-state index contributed by atoms with van der Waals surface area (Å²) >= 11 is 1.62. The first-order valence-corrected chi connectivity index (χ1v) is 13.3. The van der Waals surface area contributed by atoms with Crippen molar-refractivity contribution in [2.75, 3.05) is 42.5 Å². The Morgan fingerprint density at radius 2 is 1.77 bits per heavy atom. The minimum Gasteiger partial charge on any atom is -0.372 e. The highest BCUT2D eigenvalue weighted by Gasteiger charge is 2.25. The molecule has 2 heterocycles. The number of aromatic nitrogens is 2. The van der Waals surface area contributed by atoms with Crippen LogP contribution >= 0.6 is 11.8 Å². The van der Waals surface area contributed by atoms with Gasteiger partial charge >= 0.3 is 0 Å². The van der Waals surface area contributed by atoms with E-state index in [0.29, 0.717) is 6.54 Å². The van der Waals surface area contributed by atoms with Crippen molar-refractivity contribution in [2.45, 2.75) is 43.0 Å². The highest BCUT2D eigenvalue weighted by atomic mass is 32.2. The van der Waals surface area contributed by atoms with Crippen molar-refractivity contribution >= 4 is 29.2 Å². The number of nitrogens with one attached hydrogen (secondary N) is 1. The van der Waals surface area contributed by atoms with Gasteiger partial charge in [0.1, 0.15) is 5.03 Å². The molecule has 0 spiro atoms. The molecule has 1 fully saturated rings. The highest BCUT2D eigenvalue weighted by Crippen LogP contribution is 2.27. The summed E-state index contributed by atoms with van der Waals surface area (Å²) in [5.74, 6) is 1.15. The summed E-state index contributed by atoms with van der Waals surface area (Å²) < 4.78 is 0. The van der Waals surface area contributed by atoms with Gasteiger partial charge in [-0.2, -0.15) is 0 Å².